The first-order chi connectivity index (χ1) is 11.1. The first kappa shape index (κ1) is 17.7. The number of benzene rings is 2. The summed E-state index contributed by atoms with van der Waals surface area (Å²) < 4.78 is 0. The van der Waals surface area contributed by atoms with Gasteiger partial charge in [0.05, 0.1) is 0 Å². The van der Waals surface area contributed by atoms with Gasteiger partial charge in [-0.1, -0.05) is 59.7 Å². The minimum Gasteiger partial charge on any atom is -0.479 e. The van der Waals surface area contributed by atoms with E-state index >= 15 is 0 Å². The molecule has 6 nitrogen and oxygen atoms in total. The van der Waals surface area contributed by atoms with Crippen molar-refractivity contribution in [1.82, 2.24) is 0 Å². The molecule has 0 saturated carbocycles. The lowest BCUT2D eigenvalue weighted by Gasteiger charge is -2.37. The van der Waals surface area contributed by atoms with Crippen molar-refractivity contribution in [2.75, 3.05) is 0 Å². The fourth-order valence-corrected chi connectivity index (χ4v) is 2.56. The lowest BCUT2D eigenvalue weighted by atomic mass is 9.73. The van der Waals surface area contributed by atoms with Crippen molar-refractivity contribution < 1.29 is 30.0 Å². The highest BCUT2D eigenvalue weighted by molar-refractivity contribution is 5.92. The van der Waals surface area contributed by atoms with Crippen molar-refractivity contribution >= 4 is 11.9 Å². The lowest BCUT2D eigenvalue weighted by molar-refractivity contribution is -0.213. The van der Waals surface area contributed by atoms with Gasteiger partial charge in [0.25, 0.3) is 0 Å². The van der Waals surface area contributed by atoms with Crippen LogP contribution in [0.4, 0.5) is 0 Å². The third-order valence-corrected chi connectivity index (χ3v) is 4.08. The number of carboxylic acids is 2. The van der Waals surface area contributed by atoms with E-state index in [9.17, 15) is 30.0 Å². The van der Waals surface area contributed by atoms with Crippen molar-refractivity contribution in [3.05, 3.63) is 70.8 Å². The predicted octanol–water partition coefficient (Wildman–Crippen LogP) is 1.55. The standard InChI is InChI=1S/C18H18O6/c1-11-3-7-13(8-4-11)17(23,15(19)20)18(24,16(21)22)14-9-5-12(2)6-10-14/h3-10,23-24H,1-2H3,(H,19,20)(H,21,22)/t17-,18-/m1/s1. The van der Waals surface area contributed by atoms with Gasteiger partial charge in [-0.2, -0.15) is 0 Å². The minimum absolute atomic E-state index is 0.230. The van der Waals surface area contributed by atoms with Crippen LogP contribution in [0.1, 0.15) is 22.3 Å². The van der Waals surface area contributed by atoms with Gasteiger partial charge in [0.1, 0.15) is 0 Å². The van der Waals surface area contributed by atoms with Crippen LogP contribution in [0.2, 0.25) is 0 Å². The Labute approximate surface area is 138 Å². The number of rotatable bonds is 5. The molecule has 126 valence electrons. The van der Waals surface area contributed by atoms with E-state index in [0.717, 1.165) is 11.1 Å². The Morgan fingerprint density at radius 1 is 0.667 bits per heavy atom. The number of hydrogen-bond acceptors (Lipinski definition) is 4. The van der Waals surface area contributed by atoms with Gasteiger partial charge in [0, 0.05) is 0 Å². The van der Waals surface area contributed by atoms with Crippen LogP contribution in [-0.4, -0.2) is 32.4 Å². The highest BCUT2D eigenvalue weighted by Gasteiger charge is 2.63. The van der Waals surface area contributed by atoms with Crippen LogP contribution in [0.3, 0.4) is 0 Å². The Bertz CT molecular complexity index is 698. The summed E-state index contributed by atoms with van der Waals surface area (Å²) in [6.45, 7) is 3.51. The van der Waals surface area contributed by atoms with E-state index < -0.39 is 23.1 Å². The second-order valence-corrected chi connectivity index (χ2v) is 5.76. The zero-order valence-corrected chi connectivity index (χ0v) is 13.2. The highest BCUT2D eigenvalue weighted by atomic mass is 16.5. The maximum atomic E-state index is 11.8. The molecule has 0 aliphatic carbocycles. The molecule has 0 aromatic heterocycles. The molecule has 0 aliphatic rings. The van der Waals surface area contributed by atoms with Gasteiger partial charge in [-0.3, -0.25) is 0 Å². The third-order valence-electron chi connectivity index (χ3n) is 4.08. The lowest BCUT2D eigenvalue weighted by Crippen LogP contribution is -2.59. The van der Waals surface area contributed by atoms with Gasteiger partial charge in [-0.15, -0.1) is 0 Å². The second kappa shape index (κ2) is 6.07. The Kier molecular flexibility index (Phi) is 4.46. The van der Waals surface area contributed by atoms with Gasteiger partial charge in [-0.25, -0.2) is 9.59 Å². The summed E-state index contributed by atoms with van der Waals surface area (Å²) in [4.78, 5) is 23.6. The number of carboxylic acid groups (broad SMARTS) is 2. The van der Waals surface area contributed by atoms with Crippen LogP contribution >= 0.6 is 0 Å². The highest BCUT2D eigenvalue weighted by Crippen LogP contribution is 2.41. The molecule has 0 saturated heterocycles. The molecular formula is C18H18O6. The summed E-state index contributed by atoms with van der Waals surface area (Å²) in [6, 6.07) is 11.2. The molecule has 0 spiro atoms. The molecule has 0 radical (unpaired) electrons. The van der Waals surface area contributed by atoms with Crippen molar-refractivity contribution in [2.45, 2.75) is 25.0 Å². The average Bonchev–Trinajstić information content (AvgIpc) is 2.54. The monoisotopic (exact) mass is 330 g/mol. The molecule has 2 aromatic rings. The average molecular weight is 330 g/mol. The van der Waals surface area contributed by atoms with Crippen molar-refractivity contribution in [3.8, 4) is 0 Å². The first-order valence-corrected chi connectivity index (χ1v) is 7.20. The summed E-state index contributed by atoms with van der Waals surface area (Å²) >= 11 is 0. The minimum atomic E-state index is -3.07. The molecule has 2 atom stereocenters. The zero-order valence-electron chi connectivity index (χ0n) is 13.2. The fraction of sp³-hybridized carbons (Fsp3) is 0.222. The SMILES string of the molecule is Cc1ccc([C@@](O)(C(=O)O)[C@](O)(C(=O)O)c2ccc(C)cc2)cc1. The van der Waals surface area contributed by atoms with E-state index in [2.05, 4.69) is 0 Å². The maximum Gasteiger partial charge on any atom is 0.344 e. The van der Waals surface area contributed by atoms with Crippen LogP contribution < -0.4 is 0 Å². The fourth-order valence-electron chi connectivity index (χ4n) is 2.56. The smallest absolute Gasteiger partial charge is 0.344 e. The predicted molar refractivity (Wildman–Crippen MR) is 85.4 cm³/mol. The first-order valence-electron chi connectivity index (χ1n) is 7.20. The van der Waals surface area contributed by atoms with Crippen LogP contribution in [-0.2, 0) is 20.8 Å². The van der Waals surface area contributed by atoms with Crippen LogP contribution in [0.5, 0.6) is 0 Å². The number of hydrogen-bond donors (Lipinski definition) is 4. The van der Waals surface area contributed by atoms with Crippen LogP contribution in [0.15, 0.2) is 48.5 Å². The third kappa shape index (κ3) is 2.55. The van der Waals surface area contributed by atoms with Crippen molar-refractivity contribution in [1.29, 1.82) is 0 Å². The molecule has 4 N–H and O–H groups in total. The van der Waals surface area contributed by atoms with Gasteiger partial charge >= 0.3 is 11.9 Å². The Morgan fingerprint density at radius 3 is 1.12 bits per heavy atom. The molecule has 0 unspecified atom stereocenters. The molecule has 0 fully saturated rings. The van der Waals surface area contributed by atoms with E-state index in [1.54, 1.807) is 13.8 Å². The normalized spacial score (nSPS) is 16.0. The molecule has 24 heavy (non-hydrogen) atoms. The maximum absolute atomic E-state index is 11.8. The molecule has 0 amide bonds. The van der Waals surface area contributed by atoms with Crippen molar-refractivity contribution in [3.63, 3.8) is 0 Å². The summed E-state index contributed by atoms with van der Waals surface area (Å²) in [5, 5.41) is 40.8. The number of aliphatic hydroxyl groups is 2. The van der Waals surface area contributed by atoms with E-state index in [1.165, 1.54) is 48.5 Å². The summed E-state index contributed by atoms with van der Waals surface area (Å²) in [7, 11) is 0. The largest absolute Gasteiger partial charge is 0.479 e. The van der Waals surface area contributed by atoms with Crippen LogP contribution in [0.25, 0.3) is 0 Å². The van der Waals surface area contributed by atoms with Crippen LogP contribution in [0, 0.1) is 13.8 Å². The van der Waals surface area contributed by atoms with E-state index in [1.807, 2.05) is 0 Å². The van der Waals surface area contributed by atoms with Gasteiger partial charge in [-0.05, 0) is 25.0 Å². The molecule has 6 heteroatoms. The van der Waals surface area contributed by atoms with Gasteiger partial charge < -0.3 is 20.4 Å². The molecule has 2 aromatic carbocycles. The molecular weight excluding hydrogens is 312 g/mol. The number of aryl methyl sites for hydroxylation is 2. The Morgan fingerprint density at radius 2 is 0.917 bits per heavy atom. The van der Waals surface area contributed by atoms with E-state index in [-0.39, 0.29) is 11.1 Å². The number of aliphatic carboxylic acids is 2. The van der Waals surface area contributed by atoms with E-state index in [4.69, 9.17) is 0 Å². The molecule has 2 rings (SSSR count). The quantitative estimate of drug-likeness (QED) is 0.661. The van der Waals surface area contributed by atoms with Crippen molar-refractivity contribution in [2.24, 2.45) is 0 Å². The summed E-state index contributed by atoms with van der Waals surface area (Å²) in [6.07, 6.45) is 0. The summed E-state index contributed by atoms with van der Waals surface area (Å²) in [5.74, 6) is -3.73. The van der Waals surface area contributed by atoms with Gasteiger partial charge in [0.15, 0.2) is 0 Å². The van der Waals surface area contributed by atoms with E-state index in [0.29, 0.717) is 0 Å². The zero-order chi connectivity index (χ0) is 18.1. The Balaban J connectivity index is 2.77. The Hall–Kier alpha value is -2.70. The molecule has 0 heterocycles. The second-order valence-electron chi connectivity index (χ2n) is 5.76. The van der Waals surface area contributed by atoms with Gasteiger partial charge in [0.2, 0.25) is 11.2 Å². The summed E-state index contributed by atoms with van der Waals surface area (Å²) in [5.41, 5.74) is -5.01. The molecule has 0 bridgehead atoms. The topological polar surface area (TPSA) is 115 Å². The molecule has 0 aliphatic heterocycles. The number of carbonyl (C=O) groups is 2.